The predicted octanol–water partition coefficient (Wildman–Crippen LogP) is 8.52. The molecule has 0 saturated carbocycles. The minimum atomic E-state index is -0.806. The summed E-state index contributed by atoms with van der Waals surface area (Å²) in [6.07, 6.45) is 4.88. The van der Waals surface area contributed by atoms with E-state index in [9.17, 15) is 14.7 Å². The number of amides is 1. The van der Waals surface area contributed by atoms with Gasteiger partial charge in [-0.3, -0.25) is 4.79 Å². The van der Waals surface area contributed by atoms with Gasteiger partial charge in [0.05, 0.1) is 12.5 Å². The molecule has 1 aromatic carbocycles. The van der Waals surface area contributed by atoms with E-state index in [1.54, 1.807) is 4.90 Å². The molecule has 8 heteroatoms. The number of piperazine rings is 1. The maximum atomic E-state index is 13.0. The van der Waals surface area contributed by atoms with Gasteiger partial charge < -0.3 is 29.3 Å². The lowest BCUT2D eigenvalue weighted by atomic mass is 9.91. The highest BCUT2D eigenvalue weighted by Gasteiger charge is 2.29. The van der Waals surface area contributed by atoms with Crippen LogP contribution in [0.25, 0.3) is 6.08 Å². The normalized spacial score (nSPS) is 31.4. The Balaban J connectivity index is -0.0000000694. The van der Waals surface area contributed by atoms with Crippen LogP contribution < -0.4 is 4.90 Å². The summed E-state index contributed by atoms with van der Waals surface area (Å²) in [5.41, 5.74) is 2.99. The quantitative estimate of drug-likeness (QED) is 0.273. The molecular formula is C31H79N3O5. The summed E-state index contributed by atoms with van der Waals surface area (Å²) in [5.74, 6) is -0.589. The van der Waals surface area contributed by atoms with Crippen molar-refractivity contribution in [1.29, 1.82) is 0 Å². The highest BCUT2D eigenvalue weighted by Crippen LogP contribution is 2.26. The van der Waals surface area contributed by atoms with Crippen molar-refractivity contribution in [1.82, 2.24) is 9.80 Å². The van der Waals surface area contributed by atoms with Crippen molar-refractivity contribution in [2.45, 2.75) is 65.8 Å². The number of likely N-dealkylation sites (N-methyl/N-ethyl adjacent to an activating group) is 1. The first-order valence-corrected chi connectivity index (χ1v) is 13.7. The lowest BCUT2D eigenvalue weighted by Crippen LogP contribution is -2.48. The molecule has 0 spiro atoms. The van der Waals surface area contributed by atoms with E-state index in [1.165, 1.54) is 0 Å². The van der Waals surface area contributed by atoms with Gasteiger partial charge in [-0.1, -0.05) is 45.6 Å². The topological polar surface area (TPSA) is 82.5 Å². The maximum absolute atomic E-state index is 13.0. The monoisotopic (exact) mass is 604 g/mol. The van der Waals surface area contributed by atoms with Crippen LogP contribution in [-0.2, 0) is 14.3 Å². The Kier molecular flexibility index (Phi) is 6.35. The van der Waals surface area contributed by atoms with E-state index < -0.39 is 24.3 Å². The van der Waals surface area contributed by atoms with Crippen molar-refractivity contribution in [3.05, 3.63) is 47.6 Å². The summed E-state index contributed by atoms with van der Waals surface area (Å²) in [6.45, 7) is 8.91. The molecule has 1 aromatic rings. The number of hydrogen-bond donors (Lipinski definition) is 1. The first kappa shape index (κ1) is 16.4. The van der Waals surface area contributed by atoms with Gasteiger partial charge in [0, 0.05) is 96.4 Å². The predicted molar refractivity (Wildman–Crippen MR) is 189 cm³/mol. The molecule has 2 heterocycles. The molecule has 1 amide bonds. The Morgan fingerprint density at radius 1 is 1.18 bits per heavy atom. The second kappa shape index (κ2) is 15.1. The lowest BCUT2D eigenvalue weighted by molar-refractivity contribution is -0.151. The molecule has 2 aliphatic rings. The molecule has 1 saturated heterocycles. The van der Waals surface area contributed by atoms with Crippen molar-refractivity contribution in [3.63, 3.8) is 0 Å². The molecule has 0 aliphatic carbocycles. The summed E-state index contributed by atoms with van der Waals surface area (Å²) < 4.78 is 162. The number of rotatable bonds is 4. The Bertz CT molecular complexity index is 1070. The van der Waals surface area contributed by atoms with Crippen molar-refractivity contribution in [2.75, 3.05) is 52.2 Å². The van der Waals surface area contributed by atoms with Crippen LogP contribution in [0.2, 0.25) is 0 Å². The minimum absolute atomic E-state index is 0. The van der Waals surface area contributed by atoms with E-state index in [-0.39, 0.29) is 31.8 Å². The van der Waals surface area contributed by atoms with E-state index in [0.29, 0.717) is 25.9 Å². The smallest absolute Gasteiger partial charge is 0.410 e. The van der Waals surface area contributed by atoms with Gasteiger partial charge in [0.15, 0.2) is 0 Å². The Labute approximate surface area is 281 Å². The maximum Gasteiger partial charge on any atom is 0.410 e. The number of hydrogen-bond acceptors (Lipinski definition) is 7. The summed E-state index contributed by atoms with van der Waals surface area (Å²) >= 11 is 0. The number of esters is 1. The van der Waals surface area contributed by atoms with E-state index in [4.69, 9.17) is 54.0 Å². The first-order chi connectivity index (χ1) is 33.0. The van der Waals surface area contributed by atoms with Crippen LogP contribution in [-0.4, -0.2) is 92.6 Å². The fraction of sp³-hybridized carbons (Fsp3) is 0.613. The van der Waals surface area contributed by atoms with Crippen LogP contribution in [0, 0.1) is 11.8 Å². The number of benzene rings is 1. The second-order valence-electron chi connectivity index (χ2n) is 11.1. The second-order valence-corrected chi connectivity index (χ2v) is 11.1. The van der Waals surface area contributed by atoms with Crippen LogP contribution in [0.4, 0.5) is 10.5 Å². The van der Waals surface area contributed by atoms with Gasteiger partial charge in [0.25, 0.3) is 0 Å². The van der Waals surface area contributed by atoms with E-state index in [0.717, 1.165) is 29.9 Å². The van der Waals surface area contributed by atoms with Crippen LogP contribution in [0.3, 0.4) is 0 Å². The fourth-order valence-electron chi connectivity index (χ4n) is 4.87. The molecule has 39 heavy (non-hydrogen) atoms. The zero-order valence-corrected chi connectivity index (χ0v) is 23.8. The van der Waals surface area contributed by atoms with Crippen molar-refractivity contribution < 1.29 is 68.7 Å². The first-order valence-electron chi connectivity index (χ1n) is 28.7. The number of aliphatic hydroxyl groups excluding tert-OH is 1. The molecule has 2 aliphatic heterocycles. The largest absolute Gasteiger partial charge is 0.457 e. The average Bonchev–Trinajstić information content (AvgIpc) is 3.44. The SMILES string of the molecule is C.C/C(=C\c1cccc(N(C)C)c1)[C@H]1OC(=O)C[C@H](O)CC[C@H](C)[C@@H](OC(=O)N2CCN(C)CC2)/C=C/[C@@H]1C.[2H][2H].[2H][2H].[2H][2H].[2H][2H].[2H][2H].[2H][2H].[2H][2H].[2H][2H].[2H][2H].[2H][2H].[2H][2H].[2H][2H].[2H][2H].[2H][2H].[2H][2H]. The molecule has 5 atom stereocenters. The molecule has 0 aromatic heterocycles. The van der Waals surface area contributed by atoms with Crippen LogP contribution in [0.5, 0.6) is 0 Å². The summed E-state index contributed by atoms with van der Waals surface area (Å²) in [4.78, 5) is 31.7. The highest BCUT2D eigenvalue weighted by molar-refractivity contribution is 5.71. The molecule has 8 nitrogen and oxygen atoms in total. The van der Waals surface area contributed by atoms with Crippen LogP contribution in [0.15, 0.2) is 42.0 Å². The van der Waals surface area contributed by atoms with Gasteiger partial charge in [-0.2, -0.15) is 0 Å². The zero-order chi connectivity index (χ0) is 57.8. The number of anilines is 1. The number of cyclic esters (lactones) is 1. The zero-order valence-electron chi connectivity index (χ0n) is 53.8. The van der Waals surface area contributed by atoms with E-state index in [1.807, 2.05) is 83.2 Å². The molecule has 0 unspecified atom stereocenters. The molecule has 1 N–H and O–H groups in total. The molecule has 0 bridgehead atoms. The third-order valence-electron chi connectivity index (χ3n) is 7.49. The van der Waals surface area contributed by atoms with Gasteiger partial charge in [-0.05, 0) is 62.1 Å². The Morgan fingerprint density at radius 2 is 1.87 bits per heavy atom. The average molecular weight is 604 g/mol. The third-order valence-corrected chi connectivity index (χ3v) is 7.49. The summed E-state index contributed by atoms with van der Waals surface area (Å²) in [6, 6.07) is 8.15. The molecular weight excluding hydrogens is 494 g/mol. The number of ether oxygens (including phenoxy) is 2. The number of carbonyl (C=O) groups excluding carboxylic acids is 2. The summed E-state index contributed by atoms with van der Waals surface area (Å²) in [5, 5.41) is 10.5. The van der Waals surface area contributed by atoms with E-state index >= 15 is 0 Å². The van der Waals surface area contributed by atoms with Crippen molar-refractivity contribution >= 4 is 23.8 Å². The molecule has 3 rings (SSSR count). The fourth-order valence-corrected chi connectivity index (χ4v) is 4.87. The summed E-state index contributed by atoms with van der Waals surface area (Å²) in [7, 11) is 6.04. The van der Waals surface area contributed by atoms with Gasteiger partial charge in [-0.15, -0.1) is 0 Å². The minimum Gasteiger partial charge on any atom is -0.457 e. The number of carbonyl (C=O) groups is 2. The van der Waals surface area contributed by atoms with E-state index in [2.05, 4.69) is 11.0 Å². The van der Waals surface area contributed by atoms with Crippen LogP contribution in [0.1, 0.15) is 97.6 Å². The van der Waals surface area contributed by atoms with Gasteiger partial charge >= 0.3 is 12.1 Å². The molecule has 1 fully saturated rings. The van der Waals surface area contributed by atoms with Crippen molar-refractivity contribution in [3.8, 4) is 0 Å². The standard InChI is InChI=1S/C30H45N3O5.CH4.15H2/c1-21-10-12-26(34)20-28(35)38-29(23(3)18-24-8-7-9-25(19-24)31(4)5)22(2)11-13-27(21)37-30(36)33-16-14-32(6)15-17-33;;;;;;;;;;;;;;;;/h7-9,11,13,18-19,21-22,26-27,29,34H,10,12,14-17,20H2,1-6H3;1H4;15*1H/b13-11+,23-18+;;;;;;;;;;;;;;;;/t21-,22-,26+,27-,29-;;;;;;;;;;;;;;;;/m0................/s1/i;;15*1+1D. The van der Waals surface area contributed by atoms with Gasteiger partial charge in [0.1, 0.15) is 12.2 Å². The lowest BCUT2D eigenvalue weighted by Gasteiger charge is -2.33. The molecule has 248 valence electrons. The number of nitrogens with zero attached hydrogens (tertiary/aromatic N) is 3. The van der Waals surface area contributed by atoms with Gasteiger partial charge in [-0.25, -0.2) is 4.79 Å². The Morgan fingerprint density at radius 3 is 2.54 bits per heavy atom. The Hall–Kier alpha value is -2.84. The molecule has 0 radical (unpaired) electrons. The van der Waals surface area contributed by atoms with Crippen LogP contribution >= 0.6 is 0 Å². The highest BCUT2D eigenvalue weighted by atomic mass is 16.6. The third kappa shape index (κ3) is 9.69. The van der Waals surface area contributed by atoms with Crippen molar-refractivity contribution in [2.24, 2.45) is 11.8 Å². The van der Waals surface area contributed by atoms with Gasteiger partial charge in [0.2, 0.25) is 0 Å². The number of aliphatic hydroxyl groups is 1.